The van der Waals surface area contributed by atoms with Crippen LogP contribution in [0.25, 0.3) is 33.9 Å². The summed E-state index contributed by atoms with van der Waals surface area (Å²) in [6, 6.07) is 3.98. The van der Waals surface area contributed by atoms with E-state index in [2.05, 4.69) is 36.2 Å². The van der Waals surface area contributed by atoms with Gasteiger partial charge in [0.25, 0.3) is 5.91 Å². The molecule has 2 N–H and O–H groups in total. The quantitative estimate of drug-likeness (QED) is 0.400. The monoisotopic (exact) mass is 505 g/mol. The molecule has 37 heavy (non-hydrogen) atoms. The van der Waals surface area contributed by atoms with Crippen molar-refractivity contribution in [2.75, 3.05) is 19.6 Å². The second kappa shape index (κ2) is 9.70. The van der Waals surface area contributed by atoms with Gasteiger partial charge in [-0.3, -0.25) is 14.2 Å². The number of halogens is 1. The molecule has 1 aliphatic heterocycles. The molecule has 0 atom stereocenters. The van der Waals surface area contributed by atoms with Gasteiger partial charge in [-0.25, -0.2) is 19.0 Å². The highest BCUT2D eigenvalue weighted by atomic mass is 19.1. The number of piperidine rings is 1. The molecule has 0 unspecified atom stereocenters. The van der Waals surface area contributed by atoms with Crippen LogP contribution in [0.1, 0.15) is 35.9 Å². The standard InChI is InChI=1S/C24H28FN11O/c1-4-35-21(19(25)14(2)31-35)23-30-24(33(3)32-23)20-16-13-28-36(18(16)11-17(29-20)22(27)37)10-9-34-7-5-15(12-26)6-8-34/h11,13,15H,4-10H2,1-3H3,(H2,27,37). The van der Waals surface area contributed by atoms with Gasteiger partial charge in [0.05, 0.1) is 30.0 Å². The minimum Gasteiger partial charge on any atom is -0.364 e. The van der Waals surface area contributed by atoms with Gasteiger partial charge in [0.2, 0.25) is 5.82 Å². The first kappa shape index (κ1) is 24.5. The number of primary amides is 1. The van der Waals surface area contributed by atoms with E-state index in [4.69, 9.17) is 11.0 Å². The third kappa shape index (κ3) is 4.44. The molecular formula is C24H28FN11O. The van der Waals surface area contributed by atoms with Gasteiger partial charge in [-0.15, -0.1) is 5.10 Å². The van der Waals surface area contributed by atoms with E-state index in [-0.39, 0.29) is 28.8 Å². The Bertz CT molecular complexity index is 1520. The number of carbonyl (C=O) groups excluding carboxylic acids is 1. The van der Waals surface area contributed by atoms with E-state index in [1.165, 1.54) is 9.36 Å². The number of carbonyl (C=O) groups is 1. The summed E-state index contributed by atoms with van der Waals surface area (Å²) >= 11 is 0. The summed E-state index contributed by atoms with van der Waals surface area (Å²) < 4.78 is 19.7. The molecule has 5 heterocycles. The number of amides is 1. The predicted octanol–water partition coefficient (Wildman–Crippen LogP) is 1.89. The Morgan fingerprint density at radius 1 is 1.22 bits per heavy atom. The lowest BCUT2D eigenvalue weighted by Crippen LogP contribution is -2.35. The molecular weight excluding hydrogens is 477 g/mol. The topological polar surface area (TPSA) is 149 Å². The molecule has 0 aromatic carbocycles. The van der Waals surface area contributed by atoms with Crippen LogP contribution in [-0.4, -0.2) is 69.8 Å². The molecule has 192 valence electrons. The van der Waals surface area contributed by atoms with E-state index in [1.54, 1.807) is 26.2 Å². The van der Waals surface area contributed by atoms with Crippen molar-refractivity contribution in [1.82, 2.24) is 44.2 Å². The van der Waals surface area contributed by atoms with Gasteiger partial charge in [-0.2, -0.15) is 15.5 Å². The molecule has 1 amide bonds. The van der Waals surface area contributed by atoms with Gasteiger partial charge in [-0.1, -0.05) is 0 Å². The van der Waals surface area contributed by atoms with Gasteiger partial charge >= 0.3 is 0 Å². The maximum absolute atomic E-state index is 14.9. The maximum Gasteiger partial charge on any atom is 0.267 e. The summed E-state index contributed by atoms with van der Waals surface area (Å²) in [5.74, 6) is -0.512. The SMILES string of the molecule is CCn1nc(C)c(F)c1-c1nc(-c2nc(C(N)=O)cc3c2cnn3CCN2CCC(C#N)CC2)n(C)n1. The van der Waals surface area contributed by atoms with E-state index in [9.17, 15) is 9.18 Å². The molecule has 1 saturated heterocycles. The molecule has 1 fully saturated rings. The molecule has 1 aliphatic rings. The number of hydrogen-bond acceptors (Lipinski definition) is 8. The van der Waals surface area contributed by atoms with Crippen LogP contribution in [0.15, 0.2) is 12.3 Å². The van der Waals surface area contributed by atoms with Crippen molar-refractivity contribution >= 4 is 16.8 Å². The van der Waals surface area contributed by atoms with Gasteiger partial charge in [0.15, 0.2) is 11.6 Å². The highest BCUT2D eigenvalue weighted by molar-refractivity contribution is 5.99. The average Bonchev–Trinajstić information content (AvgIpc) is 3.57. The number of nitrogens with two attached hydrogens (primary N) is 1. The summed E-state index contributed by atoms with van der Waals surface area (Å²) in [4.78, 5) is 23.5. The van der Waals surface area contributed by atoms with Gasteiger partial charge in [0, 0.05) is 31.4 Å². The first-order valence-corrected chi connectivity index (χ1v) is 12.2. The lowest BCUT2D eigenvalue weighted by atomic mass is 9.99. The van der Waals surface area contributed by atoms with Crippen LogP contribution in [0.5, 0.6) is 0 Å². The number of aryl methyl sites for hydroxylation is 3. The zero-order valence-corrected chi connectivity index (χ0v) is 21.0. The van der Waals surface area contributed by atoms with Crippen LogP contribution in [0.3, 0.4) is 0 Å². The summed E-state index contributed by atoms with van der Waals surface area (Å²) in [6.45, 7) is 6.98. The van der Waals surface area contributed by atoms with Crippen molar-refractivity contribution in [1.29, 1.82) is 5.26 Å². The molecule has 0 radical (unpaired) electrons. The largest absolute Gasteiger partial charge is 0.364 e. The Morgan fingerprint density at radius 3 is 2.65 bits per heavy atom. The lowest BCUT2D eigenvalue weighted by Gasteiger charge is -2.28. The van der Waals surface area contributed by atoms with E-state index in [1.807, 2.05) is 11.6 Å². The number of nitriles is 1. The first-order chi connectivity index (χ1) is 17.8. The van der Waals surface area contributed by atoms with Crippen molar-refractivity contribution in [3.63, 3.8) is 0 Å². The zero-order valence-electron chi connectivity index (χ0n) is 21.0. The minimum absolute atomic E-state index is 0.0734. The number of pyridine rings is 1. The lowest BCUT2D eigenvalue weighted by molar-refractivity contribution is 0.0996. The number of nitrogens with zero attached hydrogens (tertiary/aromatic N) is 10. The molecule has 0 spiro atoms. The van der Waals surface area contributed by atoms with Crippen molar-refractivity contribution < 1.29 is 9.18 Å². The fourth-order valence-corrected chi connectivity index (χ4v) is 4.76. The molecule has 0 aliphatic carbocycles. The van der Waals surface area contributed by atoms with Gasteiger partial charge in [0.1, 0.15) is 17.1 Å². The summed E-state index contributed by atoms with van der Waals surface area (Å²) in [6.07, 6.45) is 3.41. The highest BCUT2D eigenvalue weighted by Crippen LogP contribution is 2.30. The normalized spacial score (nSPS) is 14.9. The van der Waals surface area contributed by atoms with Crippen LogP contribution in [0.2, 0.25) is 0 Å². The van der Waals surface area contributed by atoms with Crippen LogP contribution in [0.4, 0.5) is 4.39 Å². The van der Waals surface area contributed by atoms with Crippen LogP contribution >= 0.6 is 0 Å². The molecule has 4 aromatic rings. The number of likely N-dealkylation sites (tertiary alicyclic amines) is 1. The summed E-state index contributed by atoms with van der Waals surface area (Å²) in [5.41, 5.74) is 7.22. The number of hydrogen-bond donors (Lipinski definition) is 1. The Kier molecular flexibility index (Phi) is 6.43. The summed E-state index contributed by atoms with van der Waals surface area (Å²) in [7, 11) is 1.68. The van der Waals surface area contributed by atoms with E-state index >= 15 is 0 Å². The van der Waals surface area contributed by atoms with Gasteiger partial charge in [-0.05, 0) is 45.8 Å². The Hall–Kier alpha value is -4.18. The molecule has 4 aromatic heterocycles. The van der Waals surface area contributed by atoms with Crippen molar-refractivity contribution in [3.05, 3.63) is 29.5 Å². The van der Waals surface area contributed by atoms with Crippen LogP contribution < -0.4 is 5.73 Å². The van der Waals surface area contributed by atoms with Gasteiger partial charge < -0.3 is 10.6 Å². The van der Waals surface area contributed by atoms with E-state index in [0.717, 1.165) is 32.5 Å². The fraction of sp³-hybridized carbons (Fsp3) is 0.458. The molecule has 5 rings (SSSR count). The fourth-order valence-electron chi connectivity index (χ4n) is 4.76. The Labute approximate surface area is 212 Å². The van der Waals surface area contributed by atoms with E-state index in [0.29, 0.717) is 35.5 Å². The molecule has 0 bridgehead atoms. The molecule has 12 nitrogen and oxygen atoms in total. The number of rotatable bonds is 7. The predicted molar refractivity (Wildman–Crippen MR) is 132 cm³/mol. The smallest absolute Gasteiger partial charge is 0.267 e. The van der Waals surface area contributed by atoms with Crippen LogP contribution in [-0.2, 0) is 20.1 Å². The third-order valence-electron chi connectivity index (χ3n) is 6.83. The highest BCUT2D eigenvalue weighted by Gasteiger charge is 2.25. The van der Waals surface area contributed by atoms with Crippen molar-refractivity contribution in [2.45, 2.75) is 39.8 Å². The minimum atomic E-state index is -0.678. The maximum atomic E-state index is 14.9. The first-order valence-electron chi connectivity index (χ1n) is 12.2. The Balaban J connectivity index is 1.52. The second-order valence-electron chi connectivity index (χ2n) is 9.21. The van der Waals surface area contributed by atoms with Crippen molar-refractivity contribution in [3.8, 4) is 29.1 Å². The molecule has 13 heteroatoms. The van der Waals surface area contributed by atoms with E-state index < -0.39 is 11.7 Å². The third-order valence-corrected chi connectivity index (χ3v) is 6.83. The zero-order chi connectivity index (χ0) is 26.3. The average molecular weight is 506 g/mol. The summed E-state index contributed by atoms with van der Waals surface area (Å²) in [5, 5.41) is 23.0. The molecule has 0 saturated carbocycles. The van der Waals surface area contributed by atoms with Crippen molar-refractivity contribution in [2.24, 2.45) is 18.7 Å². The number of fused-ring (bicyclic) bond motifs is 1. The van der Waals surface area contributed by atoms with Crippen LogP contribution in [0, 0.1) is 30.0 Å². The number of aromatic nitrogens is 8. The second-order valence-corrected chi connectivity index (χ2v) is 9.21. The Morgan fingerprint density at radius 2 is 1.97 bits per heavy atom.